The van der Waals surface area contributed by atoms with Gasteiger partial charge in [-0.1, -0.05) is 11.8 Å². The van der Waals surface area contributed by atoms with E-state index in [0.717, 1.165) is 30.9 Å². The lowest BCUT2D eigenvalue weighted by Gasteiger charge is -2.22. The summed E-state index contributed by atoms with van der Waals surface area (Å²) in [6.07, 6.45) is 6.77. The maximum absolute atomic E-state index is 11.9. The highest BCUT2D eigenvalue weighted by Crippen LogP contribution is 2.33. The number of nitrogens with one attached hydrogen (secondary N) is 1. The summed E-state index contributed by atoms with van der Waals surface area (Å²) in [5.74, 6) is 2.10. The number of thioether (sulfide) groups is 1. The molecule has 1 aliphatic carbocycles. The van der Waals surface area contributed by atoms with Crippen LogP contribution in [0.4, 0.5) is 0 Å². The van der Waals surface area contributed by atoms with Crippen LogP contribution in [-0.4, -0.2) is 28.6 Å². The van der Waals surface area contributed by atoms with E-state index in [-0.39, 0.29) is 17.6 Å². The van der Waals surface area contributed by atoms with Gasteiger partial charge in [0.2, 0.25) is 5.75 Å². The standard InChI is InChI=1S/C13H18N2O3S/c16-12-10(18-11-3-1-2-6-17-11)7-14-13(15-12)19-8-9-4-5-9/h7,9,11H,1-6,8H2,(H,14,15,16). The number of ether oxygens (including phenoxy) is 2. The van der Waals surface area contributed by atoms with Crippen LogP contribution < -0.4 is 10.3 Å². The summed E-state index contributed by atoms with van der Waals surface area (Å²) in [5.41, 5.74) is -0.220. The normalized spacial score (nSPS) is 23.3. The number of aromatic amines is 1. The number of H-pyrrole nitrogens is 1. The fourth-order valence-electron chi connectivity index (χ4n) is 1.95. The summed E-state index contributed by atoms with van der Waals surface area (Å²) in [4.78, 5) is 18.9. The number of hydrogen-bond acceptors (Lipinski definition) is 5. The quantitative estimate of drug-likeness (QED) is 0.662. The lowest BCUT2D eigenvalue weighted by molar-refractivity contribution is -0.106. The molecule has 5 nitrogen and oxygen atoms in total. The van der Waals surface area contributed by atoms with E-state index in [4.69, 9.17) is 9.47 Å². The van der Waals surface area contributed by atoms with E-state index in [1.807, 2.05) is 0 Å². The van der Waals surface area contributed by atoms with Crippen LogP contribution in [0, 0.1) is 5.92 Å². The molecule has 6 heteroatoms. The van der Waals surface area contributed by atoms with Crippen LogP contribution in [0.5, 0.6) is 5.75 Å². The van der Waals surface area contributed by atoms with Gasteiger partial charge in [-0.2, -0.15) is 0 Å². The van der Waals surface area contributed by atoms with Crippen molar-refractivity contribution in [2.75, 3.05) is 12.4 Å². The lowest BCUT2D eigenvalue weighted by atomic mass is 10.2. The first kappa shape index (κ1) is 13.0. The summed E-state index contributed by atoms with van der Waals surface area (Å²) < 4.78 is 11.0. The van der Waals surface area contributed by atoms with E-state index in [1.54, 1.807) is 11.8 Å². The largest absolute Gasteiger partial charge is 0.458 e. The molecule has 2 fully saturated rings. The van der Waals surface area contributed by atoms with Gasteiger partial charge in [0, 0.05) is 12.2 Å². The Balaban J connectivity index is 1.59. The van der Waals surface area contributed by atoms with Crippen LogP contribution in [0.1, 0.15) is 32.1 Å². The first-order chi connectivity index (χ1) is 9.31. The molecule has 1 aromatic rings. The van der Waals surface area contributed by atoms with Crippen LogP contribution in [0.2, 0.25) is 0 Å². The van der Waals surface area contributed by atoms with Crippen molar-refractivity contribution in [2.24, 2.45) is 5.92 Å². The van der Waals surface area contributed by atoms with Crippen molar-refractivity contribution in [1.82, 2.24) is 9.97 Å². The second kappa shape index (κ2) is 5.96. The third-order valence-corrected chi connectivity index (χ3v) is 4.41. The average Bonchev–Trinajstić information content (AvgIpc) is 3.25. The number of nitrogens with zero attached hydrogens (tertiary/aromatic N) is 1. The molecule has 19 heavy (non-hydrogen) atoms. The first-order valence-corrected chi connectivity index (χ1v) is 7.80. The van der Waals surface area contributed by atoms with Gasteiger partial charge in [-0.05, 0) is 31.6 Å². The maximum Gasteiger partial charge on any atom is 0.294 e. The maximum atomic E-state index is 11.9. The number of rotatable bonds is 5. The first-order valence-electron chi connectivity index (χ1n) is 6.81. The van der Waals surface area contributed by atoms with Gasteiger partial charge >= 0.3 is 0 Å². The number of hydrogen-bond donors (Lipinski definition) is 1. The second-order valence-corrected chi connectivity index (χ2v) is 6.06. The Morgan fingerprint density at radius 3 is 3.00 bits per heavy atom. The Morgan fingerprint density at radius 1 is 1.42 bits per heavy atom. The van der Waals surface area contributed by atoms with Crippen LogP contribution in [0.3, 0.4) is 0 Å². The minimum Gasteiger partial charge on any atom is -0.458 e. The van der Waals surface area contributed by atoms with Crippen molar-refractivity contribution >= 4 is 11.8 Å². The average molecular weight is 282 g/mol. The van der Waals surface area contributed by atoms with E-state index >= 15 is 0 Å². The Morgan fingerprint density at radius 2 is 2.32 bits per heavy atom. The zero-order valence-corrected chi connectivity index (χ0v) is 11.6. The molecule has 0 aromatic carbocycles. The van der Waals surface area contributed by atoms with Crippen molar-refractivity contribution < 1.29 is 9.47 Å². The highest BCUT2D eigenvalue weighted by Gasteiger charge is 2.22. The number of aromatic nitrogens is 2. The Kier molecular flexibility index (Phi) is 4.08. The zero-order valence-electron chi connectivity index (χ0n) is 10.8. The summed E-state index contributed by atoms with van der Waals surface area (Å²) in [6, 6.07) is 0. The Labute approximate surface area is 116 Å². The summed E-state index contributed by atoms with van der Waals surface area (Å²) >= 11 is 1.61. The molecule has 0 radical (unpaired) electrons. The van der Waals surface area contributed by atoms with Gasteiger partial charge in [0.15, 0.2) is 11.4 Å². The Bertz CT molecular complexity index is 481. The fourth-order valence-corrected chi connectivity index (χ4v) is 2.97. The third kappa shape index (κ3) is 3.73. The molecule has 0 spiro atoms. The summed E-state index contributed by atoms with van der Waals surface area (Å²) in [6.45, 7) is 0.700. The van der Waals surface area contributed by atoms with Crippen molar-refractivity contribution in [2.45, 2.75) is 43.6 Å². The molecule has 0 bridgehead atoms. The highest BCUT2D eigenvalue weighted by atomic mass is 32.2. The van der Waals surface area contributed by atoms with Gasteiger partial charge in [0.05, 0.1) is 12.8 Å². The summed E-state index contributed by atoms with van der Waals surface area (Å²) in [7, 11) is 0. The van der Waals surface area contributed by atoms with Gasteiger partial charge in [0.25, 0.3) is 5.56 Å². The van der Waals surface area contributed by atoms with Gasteiger partial charge < -0.3 is 9.47 Å². The molecule has 2 heterocycles. The lowest BCUT2D eigenvalue weighted by Crippen LogP contribution is -2.27. The molecule has 104 valence electrons. The van der Waals surface area contributed by atoms with Crippen LogP contribution >= 0.6 is 11.8 Å². The van der Waals surface area contributed by atoms with Gasteiger partial charge in [-0.25, -0.2) is 4.98 Å². The third-order valence-electron chi connectivity index (χ3n) is 3.29. The summed E-state index contributed by atoms with van der Waals surface area (Å²) in [5, 5.41) is 0.675. The van der Waals surface area contributed by atoms with Crippen molar-refractivity contribution in [3.05, 3.63) is 16.6 Å². The fraction of sp³-hybridized carbons (Fsp3) is 0.692. The van der Waals surface area contributed by atoms with E-state index in [1.165, 1.54) is 19.0 Å². The predicted molar refractivity (Wildman–Crippen MR) is 72.5 cm³/mol. The van der Waals surface area contributed by atoms with Crippen molar-refractivity contribution in [3.63, 3.8) is 0 Å². The van der Waals surface area contributed by atoms with Crippen LogP contribution in [-0.2, 0) is 4.74 Å². The van der Waals surface area contributed by atoms with Crippen molar-refractivity contribution in [1.29, 1.82) is 0 Å². The molecule has 1 unspecified atom stereocenters. The minimum atomic E-state index is -0.304. The molecule has 1 atom stereocenters. The van der Waals surface area contributed by atoms with Gasteiger partial charge in [0.1, 0.15) is 0 Å². The molecule has 1 N–H and O–H groups in total. The molecule has 1 saturated carbocycles. The molecule has 0 amide bonds. The monoisotopic (exact) mass is 282 g/mol. The van der Waals surface area contributed by atoms with Crippen LogP contribution in [0.15, 0.2) is 16.1 Å². The zero-order chi connectivity index (χ0) is 13.1. The molecule has 1 aromatic heterocycles. The molecular weight excluding hydrogens is 264 g/mol. The molecular formula is C13H18N2O3S. The van der Waals surface area contributed by atoms with E-state index in [2.05, 4.69) is 9.97 Å². The van der Waals surface area contributed by atoms with Gasteiger partial charge in [-0.3, -0.25) is 9.78 Å². The van der Waals surface area contributed by atoms with E-state index in [0.29, 0.717) is 11.8 Å². The van der Waals surface area contributed by atoms with E-state index < -0.39 is 0 Å². The van der Waals surface area contributed by atoms with Crippen LogP contribution in [0.25, 0.3) is 0 Å². The molecule has 3 rings (SSSR count). The van der Waals surface area contributed by atoms with Crippen molar-refractivity contribution in [3.8, 4) is 5.75 Å². The minimum absolute atomic E-state index is 0.220. The Hall–Kier alpha value is -1.01. The molecule has 2 aliphatic rings. The van der Waals surface area contributed by atoms with Gasteiger partial charge in [-0.15, -0.1) is 0 Å². The SMILES string of the molecule is O=c1[nH]c(SCC2CC2)ncc1OC1CCCCO1. The molecule has 1 aliphatic heterocycles. The smallest absolute Gasteiger partial charge is 0.294 e. The topological polar surface area (TPSA) is 64.2 Å². The molecule has 1 saturated heterocycles. The second-order valence-electron chi connectivity index (χ2n) is 5.05. The predicted octanol–water partition coefficient (Wildman–Crippen LogP) is 2.18. The highest BCUT2D eigenvalue weighted by molar-refractivity contribution is 7.99. The van der Waals surface area contributed by atoms with E-state index in [9.17, 15) is 4.79 Å².